The van der Waals surface area contributed by atoms with Crippen molar-refractivity contribution in [2.75, 3.05) is 45.3 Å². The number of nitro benzene ring substituents is 1. The number of hydrogen-bond acceptors (Lipinski definition) is 6. The first-order chi connectivity index (χ1) is 9.58. The molecule has 0 radical (unpaired) electrons. The molecule has 1 aliphatic heterocycles. The lowest BCUT2D eigenvalue weighted by Gasteiger charge is -2.29. The van der Waals surface area contributed by atoms with E-state index in [1.807, 2.05) is 14.1 Å². The molecule has 0 unspecified atom stereocenters. The molecule has 0 atom stereocenters. The first-order valence-electron chi connectivity index (χ1n) is 6.40. The summed E-state index contributed by atoms with van der Waals surface area (Å²) in [5, 5.41) is 16.7. The van der Waals surface area contributed by atoms with Crippen molar-refractivity contribution in [2.24, 2.45) is 5.10 Å². The average Bonchev–Trinajstić information content (AvgIpc) is 2.45. The number of benzene rings is 1. The van der Waals surface area contributed by atoms with Crippen LogP contribution < -0.4 is 4.90 Å². The molecule has 0 spiro atoms. The second kappa shape index (κ2) is 6.33. The van der Waals surface area contributed by atoms with E-state index in [0.29, 0.717) is 13.2 Å². The molecule has 1 saturated heterocycles. The van der Waals surface area contributed by atoms with Gasteiger partial charge in [-0.05, 0) is 6.07 Å². The molecule has 7 nitrogen and oxygen atoms in total. The third-order valence-corrected chi connectivity index (χ3v) is 3.00. The zero-order chi connectivity index (χ0) is 14.5. The van der Waals surface area contributed by atoms with Crippen molar-refractivity contribution in [1.29, 1.82) is 0 Å². The van der Waals surface area contributed by atoms with Gasteiger partial charge in [0.05, 0.1) is 24.4 Å². The van der Waals surface area contributed by atoms with Crippen LogP contribution in [0.3, 0.4) is 0 Å². The summed E-state index contributed by atoms with van der Waals surface area (Å²) in [7, 11) is 3.62. The molecular weight excluding hydrogens is 260 g/mol. The minimum atomic E-state index is -0.393. The quantitative estimate of drug-likeness (QED) is 0.472. The SMILES string of the molecule is CN(C)/N=C/c1cc([N+](=O)[O-])ccc1N1CCOCC1. The Morgan fingerprint density at radius 3 is 2.70 bits per heavy atom. The molecule has 1 aromatic rings. The number of anilines is 1. The smallest absolute Gasteiger partial charge is 0.270 e. The molecule has 0 N–H and O–H groups in total. The maximum atomic E-state index is 10.9. The summed E-state index contributed by atoms with van der Waals surface area (Å²) in [6.07, 6.45) is 1.65. The predicted octanol–water partition coefficient (Wildman–Crippen LogP) is 1.33. The first kappa shape index (κ1) is 14.3. The molecule has 2 rings (SSSR count). The Bertz CT molecular complexity index is 510. The normalized spacial score (nSPS) is 15.6. The van der Waals surface area contributed by atoms with E-state index in [-0.39, 0.29) is 5.69 Å². The van der Waals surface area contributed by atoms with Gasteiger partial charge in [0.1, 0.15) is 0 Å². The maximum Gasteiger partial charge on any atom is 0.270 e. The summed E-state index contributed by atoms with van der Waals surface area (Å²) in [5.41, 5.74) is 1.77. The fourth-order valence-electron chi connectivity index (χ4n) is 2.03. The number of nitro groups is 1. The summed E-state index contributed by atoms with van der Waals surface area (Å²) in [5.74, 6) is 0. The van der Waals surface area contributed by atoms with Crippen LogP contribution in [0.2, 0.25) is 0 Å². The lowest BCUT2D eigenvalue weighted by molar-refractivity contribution is -0.384. The Kier molecular flexibility index (Phi) is 4.52. The number of ether oxygens (including phenoxy) is 1. The van der Waals surface area contributed by atoms with E-state index in [1.54, 1.807) is 23.4 Å². The van der Waals surface area contributed by atoms with E-state index in [9.17, 15) is 10.1 Å². The highest BCUT2D eigenvalue weighted by molar-refractivity contribution is 5.89. The highest BCUT2D eigenvalue weighted by atomic mass is 16.6. The third kappa shape index (κ3) is 3.45. The van der Waals surface area contributed by atoms with Gasteiger partial charge in [-0.3, -0.25) is 10.1 Å². The number of hydrogen-bond donors (Lipinski definition) is 0. The second-order valence-corrected chi connectivity index (χ2v) is 4.69. The lowest BCUT2D eigenvalue weighted by Crippen LogP contribution is -2.36. The standard InChI is InChI=1S/C13H18N4O3/c1-15(2)14-10-11-9-12(17(18)19)3-4-13(11)16-5-7-20-8-6-16/h3-4,9-10H,5-8H2,1-2H3/b14-10+. The maximum absolute atomic E-state index is 10.9. The Morgan fingerprint density at radius 2 is 2.10 bits per heavy atom. The van der Waals surface area contributed by atoms with Gasteiger partial charge in [-0.2, -0.15) is 5.10 Å². The van der Waals surface area contributed by atoms with E-state index in [0.717, 1.165) is 24.3 Å². The fourth-order valence-corrected chi connectivity index (χ4v) is 2.03. The van der Waals surface area contributed by atoms with Crippen molar-refractivity contribution in [3.63, 3.8) is 0 Å². The molecular formula is C13H18N4O3. The average molecular weight is 278 g/mol. The topological polar surface area (TPSA) is 71.2 Å². The largest absolute Gasteiger partial charge is 0.378 e. The van der Waals surface area contributed by atoms with Crippen LogP contribution in [0, 0.1) is 10.1 Å². The van der Waals surface area contributed by atoms with Crippen LogP contribution in [0.15, 0.2) is 23.3 Å². The third-order valence-electron chi connectivity index (χ3n) is 3.00. The number of hydrazone groups is 1. The molecule has 0 aromatic heterocycles. The second-order valence-electron chi connectivity index (χ2n) is 4.69. The van der Waals surface area contributed by atoms with Crippen LogP contribution in [0.4, 0.5) is 11.4 Å². The monoisotopic (exact) mass is 278 g/mol. The van der Waals surface area contributed by atoms with Gasteiger partial charge in [-0.1, -0.05) is 0 Å². The molecule has 0 aliphatic carbocycles. The molecule has 108 valence electrons. The predicted molar refractivity (Wildman–Crippen MR) is 77.4 cm³/mol. The summed E-state index contributed by atoms with van der Waals surface area (Å²) in [6, 6.07) is 4.86. The number of rotatable bonds is 4. The number of non-ortho nitro benzene ring substituents is 1. The van der Waals surface area contributed by atoms with Gasteiger partial charge in [0.25, 0.3) is 5.69 Å². The Hall–Kier alpha value is -2.15. The van der Waals surface area contributed by atoms with Gasteiger partial charge in [-0.15, -0.1) is 0 Å². The minimum absolute atomic E-state index is 0.0715. The zero-order valence-corrected chi connectivity index (χ0v) is 11.7. The van der Waals surface area contributed by atoms with Crippen LogP contribution in [0.5, 0.6) is 0 Å². The van der Waals surface area contributed by atoms with Crippen molar-refractivity contribution >= 4 is 17.6 Å². The number of morpholine rings is 1. The van der Waals surface area contributed by atoms with Gasteiger partial charge < -0.3 is 14.6 Å². The van der Waals surface area contributed by atoms with Crippen LogP contribution in [-0.2, 0) is 4.74 Å². The van der Waals surface area contributed by atoms with Gasteiger partial charge in [-0.25, -0.2) is 0 Å². The van der Waals surface area contributed by atoms with E-state index >= 15 is 0 Å². The van der Waals surface area contributed by atoms with Crippen molar-refractivity contribution in [1.82, 2.24) is 5.01 Å². The van der Waals surface area contributed by atoms with Crippen molar-refractivity contribution in [3.05, 3.63) is 33.9 Å². The molecule has 1 fully saturated rings. The summed E-state index contributed by atoms with van der Waals surface area (Å²) >= 11 is 0. The van der Waals surface area contributed by atoms with Gasteiger partial charge in [0, 0.05) is 50.6 Å². The Morgan fingerprint density at radius 1 is 1.40 bits per heavy atom. The summed E-state index contributed by atoms with van der Waals surface area (Å²) in [6.45, 7) is 2.89. The summed E-state index contributed by atoms with van der Waals surface area (Å²) in [4.78, 5) is 12.7. The fraction of sp³-hybridized carbons (Fsp3) is 0.462. The van der Waals surface area contributed by atoms with Crippen molar-refractivity contribution < 1.29 is 9.66 Å². The molecule has 20 heavy (non-hydrogen) atoms. The van der Waals surface area contributed by atoms with Gasteiger partial charge >= 0.3 is 0 Å². The molecule has 0 bridgehead atoms. The first-order valence-corrected chi connectivity index (χ1v) is 6.40. The number of nitrogens with zero attached hydrogens (tertiary/aromatic N) is 4. The van der Waals surface area contributed by atoms with Crippen LogP contribution in [0.1, 0.15) is 5.56 Å². The summed E-state index contributed by atoms with van der Waals surface area (Å²) < 4.78 is 5.33. The van der Waals surface area contributed by atoms with E-state index in [1.165, 1.54) is 6.07 Å². The Balaban J connectivity index is 2.35. The van der Waals surface area contributed by atoms with Crippen LogP contribution in [0.25, 0.3) is 0 Å². The van der Waals surface area contributed by atoms with E-state index in [2.05, 4.69) is 10.0 Å². The highest BCUT2D eigenvalue weighted by Crippen LogP contribution is 2.25. The molecule has 0 amide bonds. The molecule has 1 aromatic carbocycles. The van der Waals surface area contributed by atoms with E-state index in [4.69, 9.17) is 4.74 Å². The molecule has 0 saturated carbocycles. The van der Waals surface area contributed by atoms with Crippen LogP contribution in [-0.4, -0.2) is 56.5 Å². The Labute approximate surface area is 117 Å². The van der Waals surface area contributed by atoms with Gasteiger partial charge in [0.15, 0.2) is 0 Å². The van der Waals surface area contributed by atoms with Crippen molar-refractivity contribution in [2.45, 2.75) is 0 Å². The highest BCUT2D eigenvalue weighted by Gasteiger charge is 2.17. The van der Waals surface area contributed by atoms with E-state index < -0.39 is 4.92 Å². The lowest BCUT2D eigenvalue weighted by atomic mass is 10.1. The van der Waals surface area contributed by atoms with Crippen molar-refractivity contribution in [3.8, 4) is 0 Å². The van der Waals surface area contributed by atoms with Gasteiger partial charge in [0.2, 0.25) is 0 Å². The zero-order valence-electron chi connectivity index (χ0n) is 11.7. The van der Waals surface area contributed by atoms with Crippen LogP contribution >= 0.6 is 0 Å². The minimum Gasteiger partial charge on any atom is -0.378 e. The molecule has 1 aliphatic rings. The molecule has 7 heteroatoms. The molecule has 1 heterocycles.